The van der Waals surface area contributed by atoms with Gasteiger partial charge in [-0.1, -0.05) is 13.8 Å². The Bertz CT molecular complexity index is 314. The van der Waals surface area contributed by atoms with Crippen molar-refractivity contribution in [2.24, 2.45) is 0 Å². The molecule has 1 N–H and O–H groups in total. The maximum absolute atomic E-state index is 10.5. The molecule has 2 fully saturated rings. The summed E-state index contributed by atoms with van der Waals surface area (Å²) < 4.78 is 0. The SMILES string of the molecule is CCC(O)(CC)CN1CCN(CCN2C(C)CCC2C)CC1. The lowest BCUT2D eigenvalue weighted by molar-refractivity contribution is -0.0163. The van der Waals surface area contributed by atoms with Gasteiger partial charge in [0, 0.05) is 57.9 Å². The van der Waals surface area contributed by atoms with Crippen LogP contribution in [0.1, 0.15) is 53.4 Å². The molecule has 0 aromatic rings. The molecular weight excluding hydrogens is 274 g/mol. The third kappa shape index (κ3) is 4.67. The molecule has 2 aliphatic heterocycles. The van der Waals surface area contributed by atoms with Crippen LogP contribution in [-0.4, -0.2) is 83.3 Å². The van der Waals surface area contributed by atoms with Gasteiger partial charge in [0.1, 0.15) is 0 Å². The van der Waals surface area contributed by atoms with Crippen LogP contribution in [0, 0.1) is 0 Å². The van der Waals surface area contributed by atoms with Crippen molar-refractivity contribution in [2.75, 3.05) is 45.8 Å². The summed E-state index contributed by atoms with van der Waals surface area (Å²) in [5, 5.41) is 10.5. The van der Waals surface area contributed by atoms with Gasteiger partial charge in [-0.2, -0.15) is 0 Å². The fraction of sp³-hybridized carbons (Fsp3) is 1.00. The average Bonchev–Trinajstić information content (AvgIpc) is 2.85. The fourth-order valence-electron chi connectivity index (χ4n) is 4.01. The number of β-amino-alcohol motifs (C(OH)–C–C–N with tert-alkyl or cyclic N) is 1. The Kier molecular flexibility index (Phi) is 6.69. The molecule has 2 saturated heterocycles. The molecule has 22 heavy (non-hydrogen) atoms. The summed E-state index contributed by atoms with van der Waals surface area (Å²) in [6.07, 6.45) is 4.44. The summed E-state index contributed by atoms with van der Waals surface area (Å²) in [6.45, 7) is 16.7. The fourth-order valence-corrected chi connectivity index (χ4v) is 4.01. The number of likely N-dealkylation sites (tertiary alicyclic amines) is 1. The lowest BCUT2D eigenvalue weighted by Crippen LogP contribution is -2.53. The van der Waals surface area contributed by atoms with E-state index in [1.807, 2.05) is 0 Å². The van der Waals surface area contributed by atoms with Gasteiger partial charge in [-0.25, -0.2) is 0 Å². The van der Waals surface area contributed by atoms with Gasteiger partial charge in [-0.05, 0) is 39.5 Å². The Labute approximate surface area is 137 Å². The molecule has 2 heterocycles. The number of piperazine rings is 1. The summed E-state index contributed by atoms with van der Waals surface area (Å²) in [5.41, 5.74) is -0.484. The van der Waals surface area contributed by atoms with E-state index in [-0.39, 0.29) is 0 Å². The third-order valence-electron chi connectivity index (χ3n) is 6.11. The van der Waals surface area contributed by atoms with Gasteiger partial charge >= 0.3 is 0 Å². The lowest BCUT2D eigenvalue weighted by Gasteiger charge is -2.39. The Morgan fingerprint density at radius 1 is 0.864 bits per heavy atom. The second-order valence-electron chi connectivity index (χ2n) is 7.56. The van der Waals surface area contributed by atoms with Crippen molar-refractivity contribution in [1.82, 2.24) is 14.7 Å². The van der Waals surface area contributed by atoms with E-state index < -0.39 is 5.60 Å². The predicted octanol–water partition coefficient (Wildman–Crippen LogP) is 2.03. The third-order valence-corrected chi connectivity index (χ3v) is 6.11. The van der Waals surface area contributed by atoms with Crippen LogP contribution in [0.5, 0.6) is 0 Å². The zero-order valence-electron chi connectivity index (χ0n) is 15.2. The topological polar surface area (TPSA) is 30.0 Å². The first-order valence-electron chi connectivity index (χ1n) is 9.40. The van der Waals surface area contributed by atoms with Crippen molar-refractivity contribution in [3.05, 3.63) is 0 Å². The van der Waals surface area contributed by atoms with E-state index in [1.165, 1.54) is 25.9 Å². The lowest BCUT2D eigenvalue weighted by atomic mass is 9.96. The summed E-state index contributed by atoms with van der Waals surface area (Å²) in [7, 11) is 0. The van der Waals surface area contributed by atoms with Crippen LogP contribution in [0.2, 0.25) is 0 Å². The van der Waals surface area contributed by atoms with Crippen molar-refractivity contribution >= 4 is 0 Å². The predicted molar refractivity (Wildman–Crippen MR) is 93.3 cm³/mol. The molecule has 4 nitrogen and oxygen atoms in total. The largest absolute Gasteiger partial charge is 0.389 e. The minimum Gasteiger partial charge on any atom is -0.389 e. The molecule has 130 valence electrons. The molecule has 0 aliphatic carbocycles. The van der Waals surface area contributed by atoms with E-state index in [4.69, 9.17) is 0 Å². The summed E-state index contributed by atoms with van der Waals surface area (Å²) in [5.74, 6) is 0. The van der Waals surface area contributed by atoms with E-state index in [0.29, 0.717) is 0 Å². The normalized spacial score (nSPS) is 29.3. The van der Waals surface area contributed by atoms with Crippen molar-refractivity contribution in [1.29, 1.82) is 0 Å². The zero-order valence-corrected chi connectivity index (χ0v) is 15.2. The van der Waals surface area contributed by atoms with Gasteiger partial charge < -0.3 is 5.11 Å². The van der Waals surface area contributed by atoms with Crippen molar-refractivity contribution < 1.29 is 5.11 Å². The molecule has 2 aliphatic rings. The van der Waals surface area contributed by atoms with Crippen molar-refractivity contribution in [3.8, 4) is 0 Å². The van der Waals surface area contributed by atoms with Gasteiger partial charge in [0.15, 0.2) is 0 Å². The Morgan fingerprint density at radius 3 is 1.86 bits per heavy atom. The summed E-state index contributed by atoms with van der Waals surface area (Å²) in [6, 6.07) is 1.53. The standard InChI is InChI=1S/C18H37N3O/c1-5-18(22,6-2)15-20-11-9-19(10-12-20)13-14-21-16(3)7-8-17(21)4/h16-17,22H,5-15H2,1-4H3. The van der Waals surface area contributed by atoms with Gasteiger partial charge in [0.05, 0.1) is 5.60 Å². The first-order chi connectivity index (χ1) is 10.5. The number of hydrogen-bond donors (Lipinski definition) is 1. The van der Waals surface area contributed by atoms with E-state index in [9.17, 15) is 5.11 Å². The van der Waals surface area contributed by atoms with Crippen LogP contribution in [0.3, 0.4) is 0 Å². The molecule has 0 bridgehead atoms. The highest BCUT2D eigenvalue weighted by Gasteiger charge is 2.29. The molecule has 0 radical (unpaired) electrons. The van der Waals surface area contributed by atoms with Gasteiger partial charge in [-0.15, -0.1) is 0 Å². The number of rotatable bonds is 7. The molecule has 0 spiro atoms. The van der Waals surface area contributed by atoms with E-state index in [2.05, 4.69) is 42.4 Å². The maximum Gasteiger partial charge on any atom is 0.0768 e. The average molecular weight is 312 g/mol. The molecule has 0 saturated carbocycles. The van der Waals surface area contributed by atoms with Crippen LogP contribution in [0.15, 0.2) is 0 Å². The second kappa shape index (κ2) is 8.09. The van der Waals surface area contributed by atoms with Crippen molar-refractivity contribution in [2.45, 2.75) is 71.1 Å². The van der Waals surface area contributed by atoms with Crippen LogP contribution in [-0.2, 0) is 0 Å². The highest BCUT2D eigenvalue weighted by Crippen LogP contribution is 2.23. The van der Waals surface area contributed by atoms with E-state index >= 15 is 0 Å². The summed E-state index contributed by atoms with van der Waals surface area (Å²) >= 11 is 0. The minimum atomic E-state index is -0.484. The number of nitrogens with zero attached hydrogens (tertiary/aromatic N) is 3. The highest BCUT2D eigenvalue weighted by molar-refractivity contribution is 4.85. The maximum atomic E-state index is 10.5. The Hall–Kier alpha value is -0.160. The molecule has 0 aromatic heterocycles. The number of hydrogen-bond acceptors (Lipinski definition) is 4. The van der Waals surface area contributed by atoms with E-state index in [0.717, 1.165) is 57.6 Å². The Morgan fingerprint density at radius 2 is 1.36 bits per heavy atom. The van der Waals surface area contributed by atoms with Gasteiger partial charge in [0.2, 0.25) is 0 Å². The quantitative estimate of drug-likeness (QED) is 0.779. The molecule has 2 atom stereocenters. The van der Waals surface area contributed by atoms with Crippen LogP contribution in [0.25, 0.3) is 0 Å². The minimum absolute atomic E-state index is 0.484. The van der Waals surface area contributed by atoms with Crippen LogP contribution >= 0.6 is 0 Å². The van der Waals surface area contributed by atoms with Gasteiger partial charge in [-0.3, -0.25) is 14.7 Å². The highest BCUT2D eigenvalue weighted by atomic mass is 16.3. The van der Waals surface area contributed by atoms with Crippen molar-refractivity contribution in [3.63, 3.8) is 0 Å². The monoisotopic (exact) mass is 311 g/mol. The molecule has 2 rings (SSSR count). The van der Waals surface area contributed by atoms with Crippen LogP contribution in [0.4, 0.5) is 0 Å². The zero-order chi connectivity index (χ0) is 16.2. The number of aliphatic hydroxyl groups is 1. The summed E-state index contributed by atoms with van der Waals surface area (Å²) in [4.78, 5) is 7.73. The molecular formula is C18H37N3O. The van der Waals surface area contributed by atoms with Gasteiger partial charge in [0.25, 0.3) is 0 Å². The molecule has 4 heteroatoms. The van der Waals surface area contributed by atoms with E-state index in [1.54, 1.807) is 0 Å². The first kappa shape index (κ1) is 18.2. The molecule has 0 amide bonds. The smallest absolute Gasteiger partial charge is 0.0768 e. The molecule has 2 unspecified atom stereocenters. The second-order valence-corrected chi connectivity index (χ2v) is 7.56. The van der Waals surface area contributed by atoms with Crippen LogP contribution < -0.4 is 0 Å². The first-order valence-corrected chi connectivity index (χ1v) is 9.40. The molecule has 0 aromatic carbocycles. The Balaban J connectivity index is 1.69.